The number of allylic oxidation sites excluding steroid dienone is 2. The lowest BCUT2D eigenvalue weighted by atomic mass is 9.45. The van der Waals surface area contributed by atoms with Gasteiger partial charge in [0.15, 0.2) is 0 Å². The highest BCUT2D eigenvalue weighted by molar-refractivity contribution is 7.87. The molecule has 3 fully saturated rings. The summed E-state index contributed by atoms with van der Waals surface area (Å²) in [5.74, 6) is 1.55. The zero-order valence-electron chi connectivity index (χ0n) is 18.4. The van der Waals surface area contributed by atoms with E-state index >= 15 is 0 Å². The van der Waals surface area contributed by atoms with Gasteiger partial charge in [0, 0.05) is 13.5 Å². The molecule has 0 aromatic rings. The Balaban J connectivity index is 1.49. The minimum atomic E-state index is -5.62. The summed E-state index contributed by atoms with van der Waals surface area (Å²) in [6, 6.07) is 0. The van der Waals surface area contributed by atoms with Crippen LogP contribution in [-0.2, 0) is 23.8 Å². The van der Waals surface area contributed by atoms with Gasteiger partial charge in [-0.25, -0.2) is 0 Å². The summed E-state index contributed by atoms with van der Waals surface area (Å²) >= 11 is 0. The summed E-state index contributed by atoms with van der Waals surface area (Å²) in [4.78, 5) is 0. The number of ether oxygens (including phenoxy) is 2. The van der Waals surface area contributed by atoms with E-state index in [1.54, 1.807) is 13.2 Å². The van der Waals surface area contributed by atoms with Gasteiger partial charge in [0.2, 0.25) is 0 Å². The molecule has 0 amide bonds. The van der Waals surface area contributed by atoms with Crippen molar-refractivity contribution in [3.05, 3.63) is 11.8 Å². The average Bonchev–Trinajstić information content (AvgIpc) is 3.00. The predicted octanol–water partition coefficient (Wildman–Crippen LogP) is 5.38. The van der Waals surface area contributed by atoms with Crippen LogP contribution in [0.25, 0.3) is 0 Å². The van der Waals surface area contributed by atoms with Crippen LogP contribution in [0.1, 0.15) is 65.2 Å². The number of fused-ring (bicyclic) bond motifs is 5. The molecule has 0 radical (unpaired) electrons. The number of halogens is 3. The molecule has 0 heterocycles. The summed E-state index contributed by atoms with van der Waals surface area (Å²) < 4.78 is 77.0. The Morgan fingerprint density at radius 3 is 2.52 bits per heavy atom. The van der Waals surface area contributed by atoms with Crippen LogP contribution in [0.2, 0.25) is 0 Å². The molecule has 5 nitrogen and oxygen atoms in total. The molecule has 178 valence electrons. The second-order valence-electron chi connectivity index (χ2n) is 10.5. The molecule has 31 heavy (non-hydrogen) atoms. The lowest BCUT2D eigenvalue weighted by Gasteiger charge is -2.60. The number of rotatable bonds is 5. The van der Waals surface area contributed by atoms with Crippen molar-refractivity contribution in [3.63, 3.8) is 0 Å². The van der Waals surface area contributed by atoms with Gasteiger partial charge in [-0.1, -0.05) is 13.8 Å². The largest absolute Gasteiger partial charge is 0.534 e. The zero-order chi connectivity index (χ0) is 22.7. The Morgan fingerprint density at radius 2 is 1.84 bits per heavy atom. The van der Waals surface area contributed by atoms with Crippen LogP contribution >= 0.6 is 0 Å². The molecule has 0 aliphatic heterocycles. The van der Waals surface area contributed by atoms with Crippen molar-refractivity contribution in [1.29, 1.82) is 0 Å². The molecule has 9 heteroatoms. The van der Waals surface area contributed by atoms with Crippen LogP contribution in [0.4, 0.5) is 13.2 Å². The molecule has 0 spiro atoms. The summed E-state index contributed by atoms with van der Waals surface area (Å²) in [7, 11) is -3.99. The maximum Gasteiger partial charge on any atom is 0.534 e. The number of methoxy groups -OCH3 is 1. The predicted molar refractivity (Wildman–Crippen MR) is 108 cm³/mol. The smallest absolute Gasteiger partial charge is 0.381 e. The highest BCUT2D eigenvalue weighted by atomic mass is 32.2. The first-order chi connectivity index (χ1) is 14.4. The van der Waals surface area contributed by atoms with Gasteiger partial charge in [-0.15, -0.1) is 0 Å². The summed E-state index contributed by atoms with van der Waals surface area (Å²) in [6.45, 7) is 4.75. The van der Waals surface area contributed by atoms with E-state index in [0.717, 1.165) is 44.9 Å². The van der Waals surface area contributed by atoms with Crippen molar-refractivity contribution in [2.75, 3.05) is 13.9 Å². The molecule has 3 saturated carbocycles. The number of hydrogen-bond donors (Lipinski definition) is 0. The van der Waals surface area contributed by atoms with E-state index in [2.05, 4.69) is 11.1 Å². The lowest BCUT2D eigenvalue weighted by molar-refractivity contribution is -0.147. The van der Waals surface area contributed by atoms with Crippen LogP contribution < -0.4 is 0 Å². The average molecular weight is 467 g/mol. The van der Waals surface area contributed by atoms with Gasteiger partial charge in [-0.05, 0) is 85.5 Å². The molecule has 0 bridgehead atoms. The molecule has 4 aliphatic rings. The van der Waals surface area contributed by atoms with E-state index in [1.807, 2.05) is 6.92 Å². The molecule has 0 unspecified atom stereocenters. The van der Waals surface area contributed by atoms with Gasteiger partial charge >= 0.3 is 15.6 Å². The van der Waals surface area contributed by atoms with E-state index < -0.39 is 15.6 Å². The zero-order valence-corrected chi connectivity index (χ0v) is 19.2. The van der Waals surface area contributed by atoms with Gasteiger partial charge in [-0.3, -0.25) is 0 Å². The Bertz CT molecular complexity index is 825. The quantitative estimate of drug-likeness (QED) is 0.309. The van der Waals surface area contributed by atoms with E-state index in [-0.39, 0.29) is 35.0 Å². The normalized spacial score (nSPS) is 42.9. The van der Waals surface area contributed by atoms with Gasteiger partial charge in [0.05, 0.1) is 6.10 Å². The molecular formula is C22H33F3O5S. The standard InChI is InChI=1S/C22H33F3O5S/c1-20-8-7-18-17(19(20)11-16(12-20)30-31(26,27)22(23,24)25)5-4-14-10-15(29-13-28-3)6-9-21(14,18)2/h12,14-15,17-19H,4-11,13H2,1-3H3/t14-,15+,17+,18-,19-,20+,21-/m1/s1. The van der Waals surface area contributed by atoms with Crippen LogP contribution in [-0.4, -0.2) is 33.9 Å². The summed E-state index contributed by atoms with van der Waals surface area (Å²) in [5.41, 5.74) is -5.52. The van der Waals surface area contributed by atoms with E-state index in [1.165, 1.54) is 0 Å². The summed E-state index contributed by atoms with van der Waals surface area (Å²) in [5, 5.41) is 0. The third-order valence-corrected chi connectivity index (χ3v) is 9.89. The molecule has 7 atom stereocenters. The molecule has 0 aromatic heterocycles. The minimum absolute atomic E-state index is 0.0329. The maximum atomic E-state index is 12.8. The third kappa shape index (κ3) is 4.03. The van der Waals surface area contributed by atoms with E-state index in [9.17, 15) is 21.6 Å². The van der Waals surface area contributed by atoms with Crippen LogP contribution in [0.3, 0.4) is 0 Å². The number of alkyl halides is 3. The van der Waals surface area contributed by atoms with Crippen molar-refractivity contribution in [1.82, 2.24) is 0 Å². The summed E-state index contributed by atoms with van der Waals surface area (Å²) in [6.07, 6.45) is 9.24. The van der Waals surface area contributed by atoms with Crippen LogP contribution in [0.5, 0.6) is 0 Å². The van der Waals surface area contributed by atoms with Crippen LogP contribution in [0, 0.1) is 34.5 Å². The Labute approximate surface area is 182 Å². The Morgan fingerprint density at radius 1 is 1.10 bits per heavy atom. The molecule has 4 rings (SSSR count). The Kier molecular flexibility index (Phi) is 5.96. The van der Waals surface area contributed by atoms with Crippen molar-refractivity contribution >= 4 is 10.1 Å². The third-order valence-electron chi connectivity index (χ3n) is 8.89. The monoisotopic (exact) mass is 466 g/mol. The van der Waals surface area contributed by atoms with Crippen molar-refractivity contribution in [3.8, 4) is 0 Å². The van der Waals surface area contributed by atoms with Gasteiger partial charge in [0.1, 0.15) is 12.6 Å². The molecule has 0 aromatic carbocycles. The lowest BCUT2D eigenvalue weighted by Crippen LogP contribution is -2.53. The van der Waals surface area contributed by atoms with Gasteiger partial charge in [0.25, 0.3) is 0 Å². The molecule has 0 N–H and O–H groups in total. The first kappa shape index (κ1) is 23.4. The fourth-order valence-electron chi connectivity index (χ4n) is 7.34. The fraction of sp³-hybridized carbons (Fsp3) is 0.909. The van der Waals surface area contributed by atoms with E-state index in [4.69, 9.17) is 9.47 Å². The topological polar surface area (TPSA) is 61.8 Å². The first-order valence-corrected chi connectivity index (χ1v) is 12.6. The number of hydrogen-bond acceptors (Lipinski definition) is 5. The maximum absolute atomic E-state index is 12.8. The first-order valence-electron chi connectivity index (χ1n) is 11.2. The highest BCUT2D eigenvalue weighted by Gasteiger charge is 2.59. The fourth-order valence-corrected chi connectivity index (χ4v) is 7.83. The SMILES string of the molecule is COCO[C@H]1CC[C@]2(C)[C@H](CC[C@H]3[C@H]2CC[C@@]2(C)C=C(OS(=O)(=O)C(F)(F)F)C[C@H]32)C1. The highest BCUT2D eigenvalue weighted by Crippen LogP contribution is 2.66. The van der Waals surface area contributed by atoms with Gasteiger partial charge < -0.3 is 13.7 Å². The van der Waals surface area contributed by atoms with Crippen molar-refractivity contribution in [2.45, 2.75) is 76.8 Å². The van der Waals surface area contributed by atoms with Crippen molar-refractivity contribution < 1.29 is 35.2 Å². The van der Waals surface area contributed by atoms with Crippen LogP contribution in [0.15, 0.2) is 11.8 Å². The Hall–Kier alpha value is -0.800. The molecule has 4 aliphatic carbocycles. The second kappa shape index (κ2) is 7.90. The van der Waals surface area contributed by atoms with E-state index in [0.29, 0.717) is 24.5 Å². The van der Waals surface area contributed by atoms with Gasteiger partial charge in [-0.2, -0.15) is 21.6 Å². The van der Waals surface area contributed by atoms with Crippen molar-refractivity contribution in [2.24, 2.45) is 34.5 Å². The minimum Gasteiger partial charge on any atom is -0.381 e. The second-order valence-corrected chi connectivity index (χ2v) is 12.0. The molecular weight excluding hydrogens is 433 g/mol. The molecule has 0 saturated heterocycles.